The number of nitrogens with zero attached hydrogens (tertiary/aromatic N) is 3. The number of likely N-dealkylation sites (N-methyl/N-ethyl adjacent to an activating group) is 1. The van der Waals surface area contributed by atoms with Crippen molar-refractivity contribution in [3.63, 3.8) is 0 Å². The van der Waals surface area contributed by atoms with E-state index in [1.807, 2.05) is 6.07 Å². The minimum atomic E-state index is -5.19. The fourth-order valence-corrected chi connectivity index (χ4v) is 5.68. The molecule has 1 saturated heterocycles. The monoisotopic (exact) mass is 593 g/mol. The van der Waals surface area contributed by atoms with Gasteiger partial charge in [0.15, 0.2) is 11.6 Å². The Morgan fingerprint density at radius 1 is 1.21 bits per heavy atom. The summed E-state index contributed by atoms with van der Waals surface area (Å²) in [7, 11) is 1.29. The SMILES string of the molecule is CN(C(=O)C(CC1CC1)NC(=O)C(F)(F)F)C(CC1CC1)C(=O)N1CC2(CC1C#N)Oc1c(F)cccc1CNC2=O. The Kier molecular flexibility index (Phi) is 7.80. The van der Waals surface area contributed by atoms with Crippen molar-refractivity contribution in [3.05, 3.63) is 29.6 Å². The summed E-state index contributed by atoms with van der Waals surface area (Å²) >= 11 is 0. The van der Waals surface area contributed by atoms with E-state index < -0.39 is 65.9 Å². The van der Waals surface area contributed by atoms with Crippen molar-refractivity contribution in [2.45, 2.75) is 81.4 Å². The third kappa shape index (κ3) is 6.00. The number of ether oxygens (including phenoxy) is 1. The molecule has 4 unspecified atom stereocenters. The van der Waals surface area contributed by atoms with Crippen molar-refractivity contribution in [2.24, 2.45) is 11.8 Å². The number of hydrogen-bond acceptors (Lipinski definition) is 6. The largest absolute Gasteiger partial charge is 0.472 e. The van der Waals surface area contributed by atoms with Gasteiger partial charge in [0.05, 0.1) is 12.6 Å². The van der Waals surface area contributed by atoms with E-state index in [0.29, 0.717) is 18.4 Å². The average Bonchev–Trinajstić information content (AvgIpc) is 3.88. The number of carbonyl (C=O) groups excluding carboxylic acids is 4. The van der Waals surface area contributed by atoms with Crippen LogP contribution >= 0.6 is 0 Å². The molecule has 10 nitrogen and oxygen atoms in total. The lowest BCUT2D eigenvalue weighted by atomic mass is 9.99. The second-order valence-electron chi connectivity index (χ2n) is 11.7. The number of para-hydroxylation sites is 1. The van der Waals surface area contributed by atoms with E-state index in [2.05, 4.69) is 5.32 Å². The van der Waals surface area contributed by atoms with Gasteiger partial charge in [-0.25, -0.2) is 4.39 Å². The fourth-order valence-electron chi connectivity index (χ4n) is 5.68. The van der Waals surface area contributed by atoms with Crippen molar-refractivity contribution in [1.82, 2.24) is 20.4 Å². The molecule has 0 aromatic heterocycles. The minimum absolute atomic E-state index is 0.00195. The molecule has 2 aliphatic carbocycles. The first-order valence-corrected chi connectivity index (χ1v) is 13.9. The van der Waals surface area contributed by atoms with Gasteiger partial charge in [-0.05, 0) is 30.7 Å². The second-order valence-corrected chi connectivity index (χ2v) is 11.7. The van der Waals surface area contributed by atoms with Crippen LogP contribution in [-0.4, -0.2) is 76.9 Å². The van der Waals surface area contributed by atoms with Gasteiger partial charge >= 0.3 is 12.1 Å². The molecule has 226 valence electrons. The van der Waals surface area contributed by atoms with Gasteiger partial charge in [0, 0.05) is 25.6 Å². The zero-order chi connectivity index (χ0) is 30.4. The lowest BCUT2D eigenvalue weighted by Gasteiger charge is -2.34. The molecule has 1 aromatic rings. The van der Waals surface area contributed by atoms with Gasteiger partial charge in [0.1, 0.15) is 18.1 Å². The van der Waals surface area contributed by atoms with Crippen LogP contribution in [0.15, 0.2) is 18.2 Å². The number of carbonyl (C=O) groups is 4. The molecule has 14 heteroatoms. The van der Waals surface area contributed by atoms with E-state index in [0.717, 1.165) is 22.6 Å². The molecule has 2 aliphatic heterocycles. The van der Waals surface area contributed by atoms with Gasteiger partial charge in [-0.3, -0.25) is 19.2 Å². The number of halogens is 4. The Labute approximate surface area is 239 Å². The highest BCUT2D eigenvalue weighted by Crippen LogP contribution is 2.40. The number of nitrogens with one attached hydrogen (secondary N) is 2. The summed E-state index contributed by atoms with van der Waals surface area (Å²) in [6.45, 7) is -0.421. The summed E-state index contributed by atoms with van der Waals surface area (Å²) in [5.74, 6) is -5.20. The summed E-state index contributed by atoms with van der Waals surface area (Å²) in [5, 5.41) is 14.4. The molecular weight excluding hydrogens is 562 g/mol. The minimum Gasteiger partial charge on any atom is -0.472 e. The van der Waals surface area contributed by atoms with Gasteiger partial charge in [-0.15, -0.1) is 0 Å². The average molecular weight is 594 g/mol. The maximum atomic E-state index is 14.7. The highest BCUT2D eigenvalue weighted by molar-refractivity contribution is 5.94. The number of nitriles is 1. The highest BCUT2D eigenvalue weighted by atomic mass is 19.4. The number of benzene rings is 1. The van der Waals surface area contributed by atoms with Gasteiger partial charge < -0.3 is 25.2 Å². The quantitative estimate of drug-likeness (QED) is 0.445. The van der Waals surface area contributed by atoms with E-state index in [4.69, 9.17) is 4.74 Å². The van der Waals surface area contributed by atoms with Crippen molar-refractivity contribution in [1.29, 1.82) is 5.26 Å². The van der Waals surface area contributed by atoms with E-state index in [9.17, 15) is 42.0 Å². The summed E-state index contributed by atoms with van der Waals surface area (Å²) in [6, 6.07) is 2.41. The molecule has 1 spiro atoms. The number of hydrogen-bond donors (Lipinski definition) is 2. The van der Waals surface area contributed by atoms with Crippen LogP contribution in [0.1, 0.15) is 50.5 Å². The predicted molar refractivity (Wildman–Crippen MR) is 137 cm³/mol. The number of likely N-dealkylation sites (tertiary alicyclic amines) is 1. The van der Waals surface area contributed by atoms with E-state index >= 15 is 0 Å². The number of alkyl halides is 3. The third-order valence-electron chi connectivity index (χ3n) is 8.44. The number of rotatable bonds is 8. The molecule has 4 atom stereocenters. The molecule has 5 rings (SSSR count). The Bertz CT molecular complexity index is 1320. The van der Waals surface area contributed by atoms with Crippen molar-refractivity contribution in [2.75, 3.05) is 13.6 Å². The van der Waals surface area contributed by atoms with Gasteiger partial charge in [0.2, 0.25) is 17.4 Å². The Morgan fingerprint density at radius 3 is 2.50 bits per heavy atom. The highest BCUT2D eigenvalue weighted by Gasteiger charge is 2.56. The number of fused-ring (bicyclic) bond motifs is 1. The summed E-state index contributed by atoms with van der Waals surface area (Å²) < 4.78 is 59.8. The predicted octanol–water partition coefficient (Wildman–Crippen LogP) is 2.17. The van der Waals surface area contributed by atoms with E-state index in [1.54, 1.807) is 11.4 Å². The molecular formula is C28H31F4N5O5. The molecule has 4 aliphatic rings. The zero-order valence-electron chi connectivity index (χ0n) is 22.9. The normalized spacial score (nSPS) is 24.9. The van der Waals surface area contributed by atoms with Crippen molar-refractivity contribution in [3.8, 4) is 11.8 Å². The molecule has 0 bridgehead atoms. The van der Waals surface area contributed by atoms with Crippen LogP contribution in [0.5, 0.6) is 5.75 Å². The molecule has 42 heavy (non-hydrogen) atoms. The van der Waals surface area contributed by atoms with Crippen LogP contribution in [0.4, 0.5) is 17.6 Å². The maximum Gasteiger partial charge on any atom is 0.471 e. The second kappa shape index (κ2) is 11.1. The standard InChI is InChI=1S/C28H31F4N5O5/c1-36(23(38)20(9-15-5-6-15)35-26(41)28(30,31)32)21(10-16-7-8-16)24(39)37-14-27(11-18(37)12-33)25(40)34-13-17-3-2-4-19(29)22(17)42-27/h2-4,15-16,18,20-21H,5-11,13-14H2,1H3,(H,34,40)(H,35,41). The Hall–Kier alpha value is -3.89. The molecule has 0 radical (unpaired) electrons. The first-order chi connectivity index (χ1) is 19.8. The molecule has 2 saturated carbocycles. The van der Waals surface area contributed by atoms with Crippen molar-refractivity contribution >= 4 is 23.6 Å². The lowest BCUT2D eigenvalue weighted by molar-refractivity contribution is -0.175. The zero-order valence-corrected chi connectivity index (χ0v) is 22.9. The number of amides is 4. The molecule has 2 heterocycles. The van der Waals surface area contributed by atoms with Crippen LogP contribution in [0.2, 0.25) is 0 Å². The third-order valence-corrected chi connectivity index (χ3v) is 8.44. The maximum absolute atomic E-state index is 14.7. The summed E-state index contributed by atoms with van der Waals surface area (Å²) in [5.41, 5.74) is -1.39. The first-order valence-electron chi connectivity index (χ1n) is 13.9. The Balaban J connectivity index is 1.40. The summed E-state index contributed by atoms with van der Waals surface area (Å²) in [6.07, 6.45) is -2.25. The summed E-state index contributed by atoms with van der Waals surface area (Å²) in [4.78, 5) is 54.7. The van der Waals surface area contributed by atoms with Crippen LogP contribution in [0, 0.1) is 29.0 Å². The van der Waals surface area contributed by atoms with E-state index in [-0.39, 0.29) is 43.4 Å². The van der Waals surface area contributed by atoms with E-state index in [1.165, 1.54) is 19.2 Å². The smallest absolute Gasteiger partial charge is 0.471 e. The fraction of sp³-hybridized carbons (Fsp3) is 0.607. The molecule has 1 aromatic carbocycles. The lowest BCUT2D eigenvalue weighted by Crippen LogP contribution is -2.58. The first kappa shape index (κ1) is 29.6. The Morgan fingerprint density at radius 2 is 1.88 bits per heavy atom. The van der Waals surface area contributed by atoms with Gasteiger partial charge in [-0.2, -0.15) is 18.4 Å². The molecule has 4 amide bonds. The van der Waals surface area contributed by atoms with Crippen LogP contribution < -0.4 is 15.4 Å². The van der Waals surface area contributed by atoms with Crippen molar-refractivity contribution < 1.29 is 41.5 Å². The van der Waals surface area contributed by atoms with Gasteiger partial charge in [-0.1, -0.05) is 37.8 Å². The molecule has 2 N–H and O–H groups in total. The van der Waals surface area contributed by atoms with Gasteiger partial charge in [0.25, 0.3) is 5.91 Å². The molecule has 3 fully saturated rings. The topological polar surface area (TPSA) is 132 Å². The van der Waals surface area contributed by atoms with Crippen LogP contribution in [-0.2, 0) is 25.7 Å². The van der Waals surface area contributed by atoms with Crippen LogP contribution in [0.25, 0.3) is 0 Å². The van der Waals surface area contributed by atoms with Crippen LogP contribution in [0.3, 0.4) is 0 Å².